The lowest BCUT2D eigenvalue weighted by Gasteiger charge is -2.33. The first kappa shape index (κ1) is 22.3. The Morgan fingerprint density at radius 1 is 1.27 bits per heavy atom. The van der Waals surface area contributed by atoms with E-state index in [1.54, 1.807) is 26.4 Å². The summed E-state index contributed by atoms with van der Waals surface area (Å²) in [5.41, 5.74) is 0. The van der Waals surface area contributed by atoms with Gasteiger partial charge in [-0.1, -0.05) is 0 Å². The largest absolute Gasteiger partial charge is 0.467 e. The van der Waals surface area contributed by atoms with E-state index in [0.29, 0.717) is 24.8 Å². The number of carbonyl (C=O) groups is 2. The highest BCUT2D eigenvalue weighted by atomic mass is 127. The maximum Gasteiger partial charge on any atom is 0.239 e. The standard InChI is InChI=1S/C17H27N5O3.HI/c1-18-15(23)10-13-5-7-22(8-6-13)17(19-2)21-12-16(24)20-11-14-4-3-9-25-14;/h3-4,9,13H,5-8,10-12H2,1-2H3,(H,18,23)(H,19,21)(H,20,24);1H. The van der Waals surface area contributed by atoms with Crippen molar-refractivity contribution in [2.24, 2.45) is 10.9 Å². The number of furan rings is 1. The molecule has 8 nitrogen and oxygen atoms in total. The number of amides is 2. The van der Waals surface area contributed by atoms with Crippen LogP contribution < -0.4 is 16.0 Å². The third-order valence-electron chi connectivity index (χ3n) is 4.33. The average Bonchev–Trinajstić information content (AvgIpc) is 3.15. The van der Waals surface area contributed by atoms with Gasteiger partial charge < -0.3 is 25.3 Å². The Bertz CT molecular complexity index is 583. The van der Waals surface area contributed by atoms with Crippen LogP contribution >= 0.6 is 24.0 Å². The fraction of sp³-hybridized carbons (Fsp3) is 0.588. The van der Waals surface area contributed by atoms with Crippen LogP contribution in [0.25, 0.3) is 0 Å². The average molecular weight is 477 g/mol. The summed E-state index contributed by atoms with van der Waals surface area (Å²) in [5, 5.41) is 8.55. The molecule has 2 amide bonds. The number of likely N-dealkylation sites (tertiary alicyclic amines) is 1. The molecule has 1 saturated heterocycles. The normalized spacial score (nSPS) is 15.2. The predicted molar refractivity (Wildman–Crippen MR) is 110 cm³/mol. The maximum absolute atomic E-state index is 11.9. The van der Waals surface area contributed by atoms with Gasteiger partial charge in [-0.2, -0.15) is 0 Å². The molecule has 3 N–H and O–H groups in total. The molecule has 26 heavy (non-hydrogen) atoms. The minimum atomic E-state index is -0.118. The Hall–Kier alpha value is -1.78. The van der Waals surface area contributed by atoms with E-state index in [1.807, 2.05) is 6.07 Å². The van der Waals surface area contributed by atoms with Gasteiger partial charge in [0.1, 0.15) is 5.76 Å². The minimum absolute atomic E-state index is 0. The van der Waals surface area contributed by atoms with Gasteiger partial charge in [0, 0.05) is 33.6 Å². The van der Waals surface area contributed by atoms with Crippen molar-refractivity contribution in [1.29, 1.82) is 0 Å². The fourth-order valence-electron chi connectivity index (χ4n) is 2.87. The van der Waals surface area contributed by atoms with Crippen LogP contribution in [0.15, 0.2) is 27.8 Å². The van der Waals surface area contributed by atoms with Crippen molar-refractivity contribution in [3.63, 3.8) is 0 Å². The van der Waals surface area contributed by atoms with Crippen molar-refractivity contribution in [2.75, 3.05) is 33.7 Å². The van der Waals surface area contributed by atoms with Gasteiger partial charge in [0.2, 0.25) is 11.8 Å². The van der Waals surface area contributed by atoms with Gasteiger partial charge >= 0.3 is 0 Å². The van der Waals surface area contributed by atoms with E-state index in [1.165, 1.54) is 0 Å². The Morgan fingerprint density at radius 2 is 2.00 bits per heavy atom. The first-order valence-corrected chi connectivity index (χ1v) is 8.57. The molecule has 0 bridgehead atoms. The second kappa shape index (κ2) is 11.8. The topological polar surface area (TPSA) is 99.0 Å². The molecule has 0 atom stereocenters. The number of aliphatic imine (C=N–C) groups is 1. The van der Waals surface area contributed by atoms with Gasteiger partial charge in [-0.15, -0.1) is 24.0 Å². The number of guanidine groups is 1. The number of nitrogens with zero attached hydrogens (tertiary/aromatic N) is 2. The quantitative estimate of drug-likeness (QED) is 0.322. The number of hydrogen-bond acceptors (Lipinski definition) is 4. The summed E-state index contributed by atoms with van der Waals surface area (Å²) in [7, 11) is 3.37. The lowest BCUT2D eigenvalue weighted by molar-refractivity contribution is -0.122. The first-order valence-electron chi connectivity index (χ1n) is 8.57. The molecule has 0 aliphatic carbocycles. The van der Waals surface area contributed by atoms with E-state index in [2.05, 4.69) is 25.8 Å². The Morgan fingerprint density at radius 3 is 2.58 bits per heavy atom. The number of piperidine rings is 1. The number of hydrogen-bond donors (Lipinski definition) is 3. The maximum atomic E-state index is 11.9. The molecular formula is C17H28IN5O3. The Labute approximate surface area is 171 Å². The molecule has 1 aliphatic heterocycles. The zero-order chi connectivity index (χ0) is 18.1. The zero-order valence-corrected chi connectivity index (χ0v) is 17.6. The van der Waals surface area contributed by atoms with Crippen molar-refractivity contribution in [2.45, 2.75) is 25.8 Å². The number of rotatable bonds is 6. The molecule has 1 aromatic heterocycles. The lowest BCUT2D eigenvalue weighted by atomic mass is 9.93. The van der Waals surface area contributed by atoms with E-state index in [9.17, 15) is 9.59 Å². The van der Waals surface area contributed by atoms with Gasteiger partial charge in [0.15, 0.2) is 5.96 Å². The highest BCUT2D eigenvalue weighted by molar-refractivity contribution is 14.0. The van der Waals surface area contributed by atoms with Gasteiger partial charge in [0.25, 0.3) is 0 Å². The molecule has 2 rings (SSSR count). The van der Waals surface area contributed by atoms with Gasteiger partial charge in [-0.05, 0) is 30.9 Å². The highest BCUT2D eigenvalue weighted by Gasteiger charge is 2.23. The van der Waals surface area contributed by atoms with Crippen LogP contribution in [-0.2, 0) is 16.1 Å². The molecule has 1 aliphatic rings. The molecular weight excluding hydrogens is 449 g/mol. The summed E-state index contributed by atoms with van der Waals surface area (Å²) in [4.78, 5) is 29.8. The van der Waals surface area contributed by atoms with Gasteiger partial charge in [0.05, 0.1) is 19.4 Å². The Kier molecular flexibility index (Phi) is 10.1. The zero-order valence-electron chi connectivity index (χ0n) is 15.3. The molecule has 0 unspecified atom stereocenters. The van der Waals surface area contributed by atoms with Crippen molar-refractivity contribution >= 4 is 41.8 Å². The summed E-state index contributed by atoms with van der Waals surface area (Å²) in [5.74, 6) is 1.81. The van der Waals surface area contributed by atoms with Gasteiger partial charge in [-0.25, -0.2) is 0 Å². The molecule has 0 spiro atoms. The molecule has 0 aromatic carbocycles. The van der Waals surface area contributed by atoms with Crippen LogP contribution in [0.3, 0.4) is 0 Å². The molecule has 146 valence electrons. The highest BCUT2D eigenvalue weighted by Crippen LogP contribution is 2.20. The van der Waals surface area contributed by atoms with Crippen LogP contribution in [0.5, 0.6) is 0 Å². The summed E-state index contributed by atoms with van der Waals surface area (Å²) in [6.07, 6.45) is 4.04. The number of carbonyl (C=O) groups excluding carboxylic acids is 2. The molecule has 9 heteroatoms. The van der Waals surface area contributed by atoms with Crippen LogP contribution in [0.2, 0.25) is 0 Å². The van der Waals surface area contributed by atoms with E-state index < -0.39 is 0 Å². The number of halogens is 1. The van der Waals surface area contributed by atoms with E-state index in [-0.39, 0.29) is 42.3 Å². The molecule has 2 heterocycles. The van der Waals surface area contributed by atoms with E-state index in [0.717, 1.165) is 31.7 Å². The monoisotopic (exact) mass is 477 g/mol. The van der Waals surface area contributed by atoms with Crippen molar-refractivity contribution < 1.29 is 14.0 Å². The van der Waals surface area contributed by atoms with E-state index >= 15 is 0 Å². The SMILES string of the molecule is CN=C(NCC(=O)NCc1ccco1)N1CCC(CC(=O)NC)CC1.I. The predicted octanol–water partition coefficient (Wildman–Crippen LogP) is 0.937. The fourth-order valence-corrected chi connectivity index (χ4v) is 2.87. The Balaban J connectivity index is 0.00000338. The third-order valence-corrected chi connectivity index (χ3v) is 4.33. The third kappa shape index (κ3) is 7.22. The van der Waals surface area contributed by atoms with Crippen molar-refractivity contribution in [3.8, 4) is 0 Å². The first-order chi connectivity index (χ1) is 12.1. The second-order valence-electron chi connectivity index (χ2n) is 6.06. The summed E-state index contributed by atoms with van der Waals surface area (Å²) < 4.78 is 5.18. The van der Waals surface area contributed by atoms with Crippen LogP contribution in [-0.4, -0.2) is 56.4 Å². The number of nitrogens with one attached hydrogen (secondary N) is 3. The smallest absolute Gasteiger partial charge is 0.239 e. The lowest BCUT2D eigenvalue weighted by Crippen LogP contribution is -2.48. The van der Waals surface area contributed by atoms with Crippen molar-refractivity contribution in [1.82, 2.24) is 20.9 Å². The van der Waals surface area contributed by atoms with Crippen LogP contribution in [0.4, 0.5) is 0 Å². The van der Waals surface area contributed by atoms with Gasteiger partial charge in [-0.3, -0.25) is 14.6 Å². The van der Waals surface area contributed by atoms with Crippen LogP contribution in [0.1, 0.15) is 25.0 Å². The van der Waals surface area contributed by atoms with Crippen molar-refractivity contribution in [3.05, 3.63) is 24.2 Å². The molecule has 1 fully saturated rings. The van der Waals surface area contributed by atoms with E-state index in [4.69, 9.17) is 4.42 Å². The molecule has 0 saturated carbocycles. The second-order valence-corrected chi connectivity index (χ2v) is 6.06. The summed E-state index contributed by atoms with van der Waals surface area (Å²) in [6.45, 7) is 2.19. The summed E-state index contributed by atoms with van der Waals surface area (Å²) >= 11 is 0. The summed E-state index contributed by atoms with van der Waals surface area (Å²) in [6, 6.07) is 3.60. The molecule has 1 aromatic rings. The minimum Gasteiger partial charge on any atom is -0.467 e. The van der Waals surface area contributed by atoms with Crippen LogP contribution in [0, 0.1) is 5.92 Å². The molecule has 0 radical (unpaired) electrons.